The molecule has 27 heavy (non-hydrogen) atoms. The van der Waals surface area contributed by atoms with Crippen molar-refractivity contribution in [1.82, 2.24) is 9.80 Å². The monoisotopic (exact) mass is 405 g/mol. The number of nitrogens with zero attached hydrogens (tertiary/aromatic N) is 2. The van der Waals surface area contributed by atoms with E-state index in [-0.39, 0.29) is 18.4 Å². The zero-order chi connectivity index (χ0) is 19.4. The number of carbonyl (C=O) groups is 2. The van der Waals surface area contributed by atoms with Gasteiger partial charge in [0.2, 0.25) is 5.91 Å². The van der Waals surface area contributed by atoms with Gasteiger partial charge in [0.05, 0.1) is 17.1 Å². The van der Waals surface area contributed by atoms with Crippen molar-refractivity contribution in [3.8, 4) is 0 Å². The van der Waals surface area contributed by atoms with Crippen molar-refractivity contribution >= 4 is 40.7 Å². The highest BCUT2D eigenvalue weighted by molar-refractivity contribution is 6.33. The third-order valence-electron chi connectivity index (χ3n) is 4.59. The molecular weight excluding hydrogens is 385 g/mol. The van der Waals surface area contributed by atoms with Gasteiger partial charge in [-0.25, -0.2) is 0 Å². The van der Waals surface area contributed by atoms with E-state index in [2.05, 4.69) is 5.32 Å². The van der Waals surface area contributed by atoms with E-state index in [4.69, 9.17) is 23.2 Å². The molecule has 2 amide bonds. The molecule has 0 radical (unpaired) electrons. The summed E-state index contributed by atoms with van der Waals surface area (Å²) in [5.41, 5.74) is 2.20. The van der Waals surface area contributed by atoms with Crippen LogP contribution in [0.15, 0.2) is 42.5 Å². The smallest absolute Gasteiger partial charge is 0.255 e. The number of piperazine rings is 1. The Morgan fingerprint density at radius 2 is 1.74 bits per heavy atom. The van der Waals surface area contributed by atoms with E-state index >= 15 is 0 Å². The lowest BCUT2D eigenvalue weighted by Crippen LogP contribution is -2.50. The molecule has 1 aliphatic rings. The van der Waals surface area contributed by atoms with E-state index < -0.39 is 0 Å². The van der Waals surface area contributed by atoms with Crippen LogP contribution in [-0.4, -0.2) is 54.3 Å². The summed E-state index contributed by atoms with van der Waals surface area (Å²) in [6.45, 7) is 4.61. The normalized spacial score (nSPS) is 14.9. The quantitative estimate of drug-likeness (QED) is 0.843. The molecule has 1 aliphatic heterocycles. The number of benzene rings is 2. The third kappa shape index (κ3) is 5.01. The largest absolute Gasteiger partial charge is 0.336 e. The lowest BCUT2D eigenvalue weighted by atomic mass is 10.1. The van der Waals surface area contributed by atoms with Gasteiger partial charge in [-0.1, -0.05) is 35.3 Å². The van der Waals surface area contributed by atoms with Crippen molar-refractivity contribution in [3.63, 3.8) is 0 Å². The van der Waals surface area contributed by atoms with Crippen molar-refractivity contribution in [2.75, 3.05) is 38.0 Å². The summed E-state index contributed by atoms with van der Waals surface area (Å²) >= 11 is 12.1. The minimum absolute atomic E-state index is 0.0681. The van der Waals surface area contributed by atoms with Crippen molar-refractivity contribution in [1.29, 1.82) is 0 Å². The molecule has 0 bridgehead atoms. The zero-order valence-electron chi connectivity index (χ0n) is 15.0. The van der Waals surface area contributed by atoms with Crippen molar-refractivity contribution in [3.05, 3.63) is 63.6 Å². The number of carbonyl (C=O) groups excluding carboxylic acids is 2. The fourth-order valence-corrected chi connectivity index (χ4v) is 3.52. The van der Waals surface area contributed by atoms with Crippen molar-refractivity contribution < 1.29 is 9.59 Å². The van der Waals surface area contributed by atoms with Gasteiger partial charge in [0, 0.05) is 36.9 Å². The van der Waals surface area contributed by atoms with Crippen molar-refractivity contribution in [2.45, 2.75) is 6.92 Å². The molecule has 0 atom stereocenters. The molecule has 5 nitrogen and oxygen atoms in total. The number of aryl methyl sites for hydroxylation is 1. The van der Waals surface area contributed by atoms with Gasteiger partial charge in [-0.3, -0.25) is 14.5 Å². The molecule has 0 unspecified atom stereocenters. The highest BCUT2D eigenvalue weighted by Gasteiger charge is 2.24. The predicted octanol–water partition coefficient (Wildman–Crippen LogP) is 3.70. The lowest BCUT2D eigenvalue weighted by Gasteiger charge is -2.34. The Kier molecular flexibility index (Phi) is 6.37. The highest BCUT2D eigenvalue weighted by atomic mass is 35.5. The Bertz CT molecular complexity index is 849. The average molecular weight is 406 g/mol. The molecule has 1 saturated heterocycles. The third-order valence-corrected chi connectivity index (χ3v) is 5.16. The van der Waals surface area contributed by atoms with Crippen LogP contribution < -0.4 is 5.32 Å². The van der Waals surface area contributed by atoms with Gasteiger partial charge in [-0.2, -0.15) is 0 Å². The Hall–Kier alpha value is -2.08. The minimum atomic E-state index is -0.0775. The van der Waals surface area contributed by atoms with Gasteiger partial charge < -0.3 is 10.2 Å². The maximum Gasteiger partial charge on any atom is 0.255 e. The molecule has 1 fully saturated rings. The van der Waals surface area contributed by atoms with Crippen LogP contribution in [0.1, 0.15) is 15.9 Å². The summed E-state index contributed by atoms with van der Waals surface area (Å²) in [6.07, 6.45) is 0. The molecule has 3 rings (SSSR count). The predicted molar refractivity (Wildman–Crippen MR) is 109 cm³/mol. The second-order valence-corrected chi connectivity index (χ2v) is 7.40. The van der Waals surface area contributed by atoms with E-state index in [9.17, 15) is 9.59 Å². The highest BCUT2D eigenvalue weighted by Crippen LogP contribution is 2.20. The molecule has 1 heterocycles. The molecule has 1 N–H and O–H groups in total. The molecule has 0 aromatic heterocycles. The Labute approximate surface area is 168 Å². The first kappa shape index (κ1) is 19.7. The van der Waals surface area contributed by atoms with Crippen LogP contribution in [0.25, 0.3) is 0 Å². The maximum atomic E-state index is 12.6. The first-order valence-corrected chi connectivity index (χ1v) is 9.52. The lowest BCUT2D eigenvalue weighted by molar-refractivity contribution is -0.117. The molecule has 142 valence electrons. The molecule has 2 aromatic rings. The standard InChI is InChI=1S/C20H21Cl2N3O2/c1-14-12-15(21)6-7-18(14)23-19(26)13-24-8-10-25(11-9-24)20(27)16-4-2-3-5-17(16)22/h2-7,12H,8-11,13H2,1H3,(H,23,26). The number of rotatable bonds is 4. The SMILES string of the molecule is Cc1cc(Cl)ccc1NC(=O)CN1CCN(C(=O)c2ccccc2Cl)CC1. The van der Waals surface area contributed by atoms with E-state index in [1.165, 1.54) is 0 Å². The molecule has 2 aromatic carbocycles. The summed E-state index contributed by atoms with van der Waals surface area (Å²) in [6, 6.07) is 12.4. The van der Waals surface area contributed by atoms with Gasteiger partial charge in [-0.05, 0) is 42.8 Å². The van der Waals surface area contributed by atoms with Crippen LogP contribution in [0.4, 0.5) is 5.69 Å². The van der Waals surface area contributed by atoms with Gasteiger partial charge in [0.1, 0.15) is 0 Å². The van der Waals surface area contributed by atoms with Gasteiger partial charge in [0.25, 0.3) is 5.91 Å². The number of hydrogen-bond acceptors (Lipinski definition) is 3. The van der Waals surface area contributed by atoms with E-state index in [1.54, 1.807) is 41.3 Å². The summed E-state index contributed by atoms with van der Waals surface area (Å²) < 4.78 is 0. The molecular formula is C20H21Cl2N3O2. The maximum absolute atomic E-state index is 12.6. The van der Waals surface area contributed by atoms with E-state index in [0.717, 1.165) is 11.3 Å². The van der Waals surface area contributed by atoms with Crippen LogP contribution in [0.2, 0.25) is 10.0 Å². The number of hydrogen-bond donors (Lipinski definition) is 1. The second-order valence-electron chi connectivity index (χ2n) is 6.56. The number of amides is 2. The fourth-order valence-electron chi connectivity index (χ4n) is 3.07. The topological polar surface area (TPSA) is 52.7 Å². The van der Waals surface area contributed by atoms with Gasteiger partial charge in [-0.15, -0.1) is 0 Å². The fraction of sp³-hybridized carbons (Fsp3) is 0.300. The molecule has 0 aliphatic carbocycles. The number of nitrogens with one attached hydrogen (secondary N) is 1. The van der Waals surface area contributed by atoms with Gasteiger partial charge >= 0.3 is 0 Å². The summed E-state index contributed by atoms with van der Waals surface area (Å²) in [5.74, 6) is -0.146. The van der Waals surface area contributed by atoms with Crippen LogP contribution in [0, 0.1) is 6.92 Å². The first-order chi connectivity index (χ1) is 12.9. The van der Waals surface area contributed by atoms with E-state index in [1.807, 2.05) is 17.9 Å². The second kappa shape index (κ2) is 8.74. The summed E-state index contributed by atoms with van der Waals surface area (Å²) in [7, 11) is 0. The van der Waals surface area contributed by atoms with Crippen LogP contribution >= 0.6 is 23.2 Å². The molecule has 0 spiro atoms. The Morgan fingerprint density at radius 1 is 1.04 bits per heavy atom. The number of halogens is 2. The first-order valence-electron chi connectivity index (χ1n) is 8.76. The Balaban J connectivity index is 1.51. The zero-order valence-corrected chi connectivity index (χ0v) is 16.6. The van der Waals surface area contributed by atoms with Crippen LogP contribution in [0.3, 0.4) is 0 Å². The van der Waals surface area contributed by atoms with Crippen LogP contribution in [-0.2, 0) is 4.79 Å². The number of anilines is 1. The van der Waals surface area contributed by atoms with Crippen LogP contribution in [0.5, 0.6) is 0 Å². The minimum Gasteiger partial charge on any atom is -0.336 e. The van der Waals surface area contributed by atoms with E-state index in [0.29, 0.717) is 41.8 Å². The average Bonchev–Trinajstić information content (AvgIpc) is 2.64. The summed E-state index contributed by atoms with van der Waals surface area (Å²) in [4.78, 5) is 28.7. The molecule has 0 saturated carbocycles. The Morgan fingerprint density at radius 3 is 2.41 bits per heavy atom. The van der Waals surface area contributed by atoms with Gasteiger partial charge in [0.15, 0.2) is 0 Å². The molecule has 7 heteroatoms. The summed E-state index contributed by atoms with van der Waals surface area (Å²) in [5, 5.41) is 4.02. The van der Waals surface area contributed by atoms with Crippen molar-refractivity contribution in [2.24, 2.45) is 0 Å².